The Bertz CT molecular complexity index is 996. The van der Waals surface area contributed by atoms with Crippen molar-refractivity contribution in [3.05, 3.63) is 70.0 Å². The minimum absolute atomic E-state index is 0.325. The van der Waals surface area contributed by atoms with Crippen molar-refractivity contribution in [1.29, 1.82) is 0 Å². The van der Waals surface area contributed by atoms with E-state index in [2.05, 4.69) is 20.6 Å². The first-order chi connectivity index (χ1) is 13.4. The lowest BCUT2D eigenvalue weighted by atomic mass is 10.1. The average molecular weight is 397 g/mol. The molecule has 0 unspecified atom stereocenters. The highest BCUT2D eigenvalue weighted by molar-refractivity contribution is 6.34. The van der Waals surface area contributed by atoms with Crippen molar-refractivity contribution in [2.45, 2.75) is 20.8 Å². The number of amides is 1. The molecule has 0 bridgehead atoms. The molecule has 0 spiro atoms. The van der Waals surface area contributed by atoms with Gasteiger partial charge in [-0.1, -0.05) is 23.7 Å². The number of aryl methyl sites for hydroxylation is 3. The molecule has 0 saturated heterocycles. The third-order valence-electron chi connectivity index (χ3n) is 4.19. The summed E-state index contributed by atoms with van der Waals surface area (Å²) in [5, 5.41) is 6.43. The summed E-state index contributed by atoms with van der Waals surface area (Å²) in [6, 6.07) is 9.53. The van der Waals surface area contributed by atoms with Crippen molar-refractivity contribution < 1.29 is 9.53 Å². The summed E-state index contributed by atoms with van der Waals surface area (Å²) in [7, 11) is 1.60. The molecule has 3 aromatic rings. The van der Waals surface area contributed by atoms with Crippen molar-refractivity contribution in [2.75, 3.05) is 17.7 Å². The molecular weight excluding hydrogens is 376 g/mol. The van der Waals surface area contributed by atoms with Crippen LogP contribution < -0.4 is 15.4 Å². The number of halogens is 1. The largest absolute Gasteiger partial charge is 0.495 e. The lowest BCUT2D eigenvalue weighted by Gasteiger charge is -2.12. The van der Waals surface area contributed by atoms with Crippen LogP contribution in [0.2, 0.25) is 5.02 Å². The smallest absolute Gasteiger partial charge is 0.258 e. The van der Waals surface area contributed by atoms with Crippen LogP contribution in [0.3, 0.4) is 0 Å². The maximum absolute atomic E-state index is 12.5. The Morgan fingerprint density at radius 3 is 2.39 bits per heavy atom. The van der Waals surface area contributed by atoms with E-state index >= 15 is 0 Å². The second-order valence-corrected chi connectivity index (χ2v) is 6.92. The van der Waals surface area contributed by atoms with E-state index in [1.807, 2.05) is 51.1 Å². The Morgan fingerprint density at radius 1 is 1.04 bits per heavy atom. The zero-order chi connectivity index (χ0) is 20.3. The fraction of sp³-hybridized carbons (Fsp3) is 0.190. The number of benzene rings is 2. The average Bonchev–Trinajstić information content (AvgIpc) is 2.65. The predicted octanol–water partition coefficient (Wildman–Crippen LogP) is 5.06. The predicted molar refractivity (Wildman–Crippen MR) is 112 cm³/mol. The molecule has 0 radical (unpaired) electrons. The summed E-state index contributed by atoms with van der Waals surface area (Å²) in [4.78, 5) is 21.0. The van der Waals surface area contributed by atoms with Gasteiger partial charge in [-0.2, -0.15) is 0 Å². The lowest BCUT2D eigenvalue weighted by molar-refractivity contribution is 0.102. The normalized spacial score (nSPS) is 10.5. The van der Waals surface area contributed by atoms with Crippen molar-refractivity contribution in [3.8, 4) is 5.75 Å². The lowest BCUT2D eigenvalue weighted by Crippen LogP contribution is -2.14. The molecule has 3 rings (SSSR count). The summed E-state index contributed by atoms with van der Waals surface area (Å²) in [6.07, 6.45) is 2.93. The number of methoxy groups -OCH3 is 1. The van der Waals surface area contributed by atoms with E-state index in [0.29, 0.717) is 28.0 Å². The molecule has 6 nitrogen and oxygen atoms in total. The van der Waals surface area contributed by atoms with Crippen LogP contribution >= 0.6 is 11.6 Å². The topological polar surface area (TPSA) is 76.1 Å². The summed E-state index contributed by atoms with van der Waals surface area (Å²) < 4.78 is 5.34. The maximum atomic E-state index is 12.5. The molecule has 0 atom stereocenters. The zero-order valence-corrected chi connectivity index (χ0v) is 16.9. The highest BCUT2D eigenvalue weighted by atomic mass is 35.5. The van der Waals surface area contributed by atoms with Crippen LogP contribution in [-0.2, 0) is 0 Å². The van der Waals surface area contributed by atoms with Gasteiger partial charge in [0.2, 0.25) is 5.95 Å². The minimum Gasteiger partial charge on any atom is -0.495 e. The van der Waals surface area contributed by atoms with Crippen LogP contribution in [0.4, 0.5) is 17.3 Å². The highest BCUT2D eigenvalue weighted by Gasteiger charge is 2.13. The van der Waals surface area contributed by atoms with Gasteiger partial charge in [0.1, 0.15) is 5.75 Å². The fourth-order valence-electron chi connectivity index (χ4n) is 2.81. The van der Waals surface area contributed by atoms with E-state index < -0.39 is 0 Å². The standard InChI is InChI=1S/C21H21ClN4O2/c1-12-5-6-18(28-4)17(9-12)25-21-23-10-15(11-24-21)20(27)26-19-14(3)7-13(2)8-16(19)22/h5-11H,1-4H3,(H,26,27)(H,23,24,25). The zero-order valence-electron chi connectivity index (χ0n) is 16.1. The molecule has 2 aromatic carbocycles. The van der Waals surface area contributed by atoms with Gasteiger partial charge in [0.25, 0.3) is 5.91 Å². The summed E-state index contributed by atoms with van der Waals surface area (Å²) in [5.41, 5.74) is 4.67. The van der Waals surface area contributed by atoms with Crippen molar-refractivity contribution in [2.24, 2.45) is 0 Å². The monoisotopic (exact) mass is 396 g/mol. The molecule has 0 saturated carbocycles. The molecule has 0 aliphatic heterocycles. The summed E-state index contributed by atoms with van der Waals surface area (Å²) in [6.45, 7) is 5.83. The molecule has 1 heterocycles. The number of hydrogen-bond acceptors (Lipinski definition) is 5. The van der Waals surface area contributed by atoms with Gasteiger partial charge in [0.05, 0.1) is 29.1 Å². The number of carbonyl (C=O) groups is 1. The minimum atomic E-state index is -0.325. The molecule has 7 heteroatoms. The Hall–Kier alpha value is -3.12. The third kappa shape index (κ3) is 4.40. The van der Waals surface area contributed by atoms with Gasteiger partial charge in [0.15, 0.2) is 0 Å². The SMILES string of the molecule is COc1ccc(C)cc1Nc1ncc(C(=O)Nc2c(C)cc(C)cc2Cl)cn1. The molecule has 0 fully saturated rings. The van der Waals surface area contributed by atoms with E-state index in [-0.39, 0.29) is 5.91 Å². The van der Waals surface area contributed by atoms with Gasteiger partial charge in [-0.25, -0.2) is 9.97 Å². The summed E-state index contributed by atoms with van der Waals surface area (Å²) >= 11 is 6.26. The fourth-order valence-corrected chi connectivity index (χ4v) is 3.18. The molecule has 0 aliphatic carbocycles. The van der Waals surface area contributed by atoms with E-state index in [1.165, 1.54) is 12.4 Å². The quantitative estimate of drug-likeness (QED) is 0.630. The highest BCUT2D eigenvalue weighted by Crippen LogP contribution is 2.29. The number of nitrogens with zero attached hydrogens (tertiary/aromatic N) is 2. The summed E-state index contributed by atoms with van der Waals surface area (Å²) in [5.74, 6) is 0.721. The van der Waals surface area contributed by atoms with E-state index in [9.17, 15) is 4.79 Å². The van der Waals surface area contributed by atoms with Crippen molar-refractivity contribution in [3.63, 3.8) is 0 Å². The van der Waals surface area contributed by atoms with Gasteiger partial charge in [-0.15, -0.1) is 0 Å². The van der Waals surface area contributed by atoms with Gasteiger partial charge < -0.3 is 15.4 Å². The number of rotatable bonds is 5. The number of aromatic nitrogens is 2. The van der Waals surface area contributed by atoms with E-state index in [0.717, 1.165) is 22.4 Å². The van der Waals surface area contributed by atoms with E-state index in [1.54, 1.807) is 7.11 Å². The molecule has 28 heavy (non-hydrogen) atoms. The molecular formula is C21H21ClN4O2. The third-order valence-corrected chi connectivity index (χ3v) is 4.48. The Labute approximate surface area is 168 Å². The molecule has 1 amide bonds. The van der Waals surface area contributed by atoms with Gasteiger partial charge in [0, 0.05) is 12.4 Å². The van der Waals surface area contributed by atoms with Gasteiger partial charge in [-0.3, -0.25) is 4.79 Å². The number of carbonyl (C=O) groups excluding carboxylic acids is 1. The Balaban J connectivity index is 1.76. The van der Waals surface area contributed by atoms with Crippen LogP contribution in [0.25, 0.3) is 0 Å². The first-order valence-electron chi connectivity index (χ1n) is 8.69. The second kappa shape index (κ2) is 8.27. The van der Waals surface area contributed by atoms with Crippen LogP contribution in [0.5, 0.6) is 5.75 Å². The Kier molecular flexibility index (Phi) is 5.80. The van der Waals surface area contributed by atoms with Crippen molar-refractivity contribution in [1.82, 2.24) is 9.97 Å². The Morgan fingerprint density at radius 2 is 1.75 bits per heavy atom. The number of nitrogens with one attached hydrogen (secondary N) is 2. The molecule has 144 valence electrons. The van der Waals surface area contributed by atoms with Crippen LogP contribution in [0.15, 0.2) is 42.7 Å². The van der Waals surface area contributed by atoms with Gasteiger partial charge >= 0.3 is 0 Å². The number of hydrogen-bond donors (Lipinski definition) is 2. The number of ether oxygens (including phenoxy) is 1. The van der Waals surface area contributed by atoms with E-state index in [4.69, 9.17) is 16.3 Å². The molecule has 1 aromatic heterocycles. The van der Waals surface area contributed by atoms with Crippen molar-refractivity contribution >= 4 is 34.8 Å². The number of anilines is 3. The second-order valence-electron chi connectivity index (χ2n) is 6.52. The maximum Gasteiger partial charge on any atom is 0.258 e. The molecule has 2 N–H and O–H groups in total. The first-order valence-corrected chi connectivity index (χ1v) is 9.07. The van der Waals surface area contributed by atoms with Crippen LogP contribution in [-0.4, -0.2) is 23.0 Å². The van der Waals surface area contributed by atoms with Gasteiger partial charge in [-0.05, 0) is 55.7 Å². The first kappa shape index (κ1) is 19.6. The van der Waals surface area contributed by atoms with Crippen LogP contribution in [0.1, 0.15) is 27.0 Å². The van der Waals surface area contributed by atoms with Crippen LogP contribution in [0, 0.1) is 20.8 Å². The molecule has 0 aliphatic rings.